The molecule has 1 unspecified atom stereocenters. The Labute approximate surface area is 113 Å². The van der Waals surface area contributed by atoms with Gasteiger partial charge in [-0.15, -0.1) is 0 Å². The summed E-state index contributed by atoms with van der Waals surface area (Å²) in [5.74, 6) is 1.55. The normalized spacial score (nSPS) is 12.2. The van der Waals surface area contributed by atoms with E-state index in [9.17, 15) is 0 Å². The molecule has 0 amide bonds. The van der Waals surface area contributed by atoms with Gasteiger partial charge in [-0.1, -0.05) is 25.1 Å². The Hall–Kier alpha value is -1.94. The highest BCUT2D eigenvalue weighted by Crippen LogP contribution is 2.27. The molecule has 0 radical (unpaired) electrons. The molecule has 1 aromatic heterocycles. The molecular formula is C15H19N3O. The van der Waals surface area contributed by atoms with E-state index in [4.69, 9.17) is 10.5 Å². The Morgan fingerprint density at radius 2 is 2.05 bits per heavy atom. The van der Waals surface area contributed by atoms with Gasteiger partial charge in [-0.05, 0) is 25.5 Å². The smallest absolute Gasteiger partial charge is 0.125 e. The summed E-state index contributed by atoms with van der Waals surface area (Å²) in [7, 11) is 0. The van der Waals surface area contributed by atoms with Crippen molar-refractivity contribution in [2.75, 3.05) is 6.61 Å². The molecule has 0 spiro atoms. The highest BCUT2D eigenvalue weighted by molar-refractivity contribution is 5.39. The van der Waals surface area contributed by atoms with Crippen LogP contribution >= 0.6 is 0 Å². The van der Waals surface area contributed by atoms with Crippen LogP contribution in [0.4, 0.5) is 0 Å². The topological polar surface area (TPSA) is 61.0 Å². The number of aromatic nitrogens is 2. The van der Waals surface area contributed by atoms with Crippen LogP contribution in [-0.2, 0) is 0 Å². The van der Waals surface area contributed by atoms with Gasteiger partial charge in [-0.2, -0.15) is 0 Å². The van der Waals surface area contributed by atoms with Crippen molar-refractivity contribution in [3.05, 3.63) is 53.6 Å². The van der Waals surface area contributed by atoms with Gasteiger partial charge in [0.1, 0.15) is 11.6 Å². The zero-order valence-corrected chi connectivity index (χ0v) is 11.3. The fourth-order valence-electron chi connectivity index (χ4n) is 1.89. The first kappa shape index (κ1) is 13.5. The van der Waals surface area contributed by atoms with Crippen LogP contribution in [0.15, 0.2) is 36.5 Å². The van der Waals surface area contributed by atoms with E-state index in [2.05, 4.69) is 16.9 Å². The second kappa shape index (κ2) is 6.29. The Morgan fingerprint density at radius 1 is 1.26 bits per heavy atom. The summed E-state index contributed by atoms with van der Waals surface area (Å²) >= 11 is 0. The van der Waals surface area contributed by atoms with Crippen molar-refractivity contribution in [2.45, 2.75) is 26.3 Å². The SMILES string of the molecule is CCCOc1ccccc1C(N)c1ccnc(C)n1. The fourth-order valence-corrected chi connectivity index (χ4v) is 1.89. The Bertz CT molecular complexity index is 542. The first-order valence-electron chi connectivity index (χ1n) is 6.49. The van der Waals surface area contributed by atoms with E-state index in [1.807, 2.05) is 37.3 Å². The third kappa shape index (κ3) is 3.29. The van der Waals surface area contributed by atoms with Crippen molar-refractivity contribution in [3.63, 3.8) is 0 Å². The molecule has 1 aromatic carbocycles. The van der Waals surface area contributed by atoms with Crippen LogP contribution in [0.25, 0.3) is 0 Å². The van der Waals surface area contributed by atoms with E-state index in [-0.39, 0.29) is 6.04 Å². The van der Waals surface area contributed by atoms with Crippen LogP contribution in [0.3, 0.4) is 0 Å². The minimum absolute atomic E-state index is 0.297. The number of hydrogen-bond donors (Lipinski definition) is 1. The molecule has 0 aliphatic carbocycles. The monoisotopic (exact) mass is 257 g/mol. The third-order valence-electron chi connectivity index (χ3n) is 2.83. The molecule has 100 valence electrons. The predicted octanol–water partition coefficient (Wildman–Crippen LogP) is 2.62. The van der Waals surface area contributed by atoms with Crippen molar-refractivity contribution in [2.24, 2.45) is 5.73 Å². The van der Waals surface area contributed by atoms with Crippen molar-refractivity contribution < 1.29 is 4.74 Å². The van der Waals surface area contributed by atoms with Crippen LogP contribution in [0.2, 0.25) is 0 Å². The lowest BCUT2D eigenvalue weighted by Gasteiger charge is -2.16. The molecular weight excluding hydrogens is 238 g/mol. The number of para-hydroxylation sites is 1. The number of rotatable bonds is 5. The minimum Gasteiger partial charge on any atom is -0.493 e. The molecule has 0 fully saturated rings. The molecule has 1 atom stereocenters. The summed E-state index contributed by atoms with van der Waals surface area (Å²) in [4.78, 5) is 8.47. The molecule has 0 aliphatic heterocycles. The van der Waals surface area contributed by atoms with Crippen LogP contribution in [0.5, 0.6) is 5.75 Å². The van der Waals surface area contributed by atoms with Crippen LogP contribution in [0.1, 0.15) is 36.5 Å². The number of nitrogens with zero attached hydrogens (tertiary/aromatic N) is 2. The van der Waals surface area contributed by atoms with Crippen molar-refractivity contribution >= 4 is 0 Å². The summed E-state index contributed by atoms with van der Waals surface area (Å²) in [6, 6.07) is 9.38. The molecule has 2 N–H and O–H groups in total. The van der Waals surface area contributed by atoms with E-state index in [1.165, 1.54) is 0 Å². The summed E-state index contributed by atoms with van der Waals surface area (Å²) < 4.78 is 5.74. The average molecular weight is 257 g/mol. The third-order valence-corrected chi connectivity index (χ3v) is 2.83. The van der Waals surface area contributed by atoms with Gasteiger partial charge < -0.3 is 10.5 Å². The van der Waals surface area contributed by atoms with Gasteiger partial charge in [0.25, 0.3) is 0 Å². The number of nitrogens with two attached hydrogens (primary N) is 1. The quantitative estimate of drug-likeness (QED) is 0.894. The molecule has 4 heteroatoms. The molecule has 0 saturated carbocycles. The fraction of sp³-hybridized carbons (Fsp3) is 0.333. The first-order chi connectivity index (χ1) is 9.22. The molecule has 2 rings (SSSR count). The molecule has 2 aromatic rings. The summed E-state index contributed by atoms with van der Waals surface area (Å²) in [6.45, 7) is 4.62. The average Bonchev–Trinajstić information content (AvgIpc) is 2.44. The Morgan fingerprint density at radius 3 is 2.79 bits per heavy atom. The van der Waals surface area contributed by atoms with Crippen LogP contribution in [0, 0.1) is 6.92 Å². The number of ether oxygens (including phenoxy) is 1. The van der Waals surface area contributed by atoms with Gasteiger partial charge in [0, 0.05) is 11.8 Å². The lowest BCUT2D eigenvalue weighted by molar-refractivity contribution is 0.313. The Balaban J connectivity index is 2.30. The maximum atomic E-state index is 6.29. The Kier molecular flexibility index (Phi) is 4.47. The maximum absolute atomic E-state index is 6.29. The van der Waals surface area contributed by atoms with E-state index in [0.717, 1.165) is 29.3 Å². The lowest BCUT2D eigenvalue weighted by Crippen LogP contribution is -2.15. The number of benzene rings is 1. The molecule has 4 nitrogen and oxygen atoms in total. The maximum Gasteiger partial charge on any atom is 0.125 e. The molecule has 19 heavy (non-hydrogen) atoms. The highest BCUT2D eigenvalue weighted by atomic mass is 16.5. The van der Waals surface area contributed by atoms with E-state index in [1.54, 1.807) is 6.20 Å². The van der Waals surface area contributed by atoms with Gasteiger partial charge >= 0.3 is 0 Å². The summed E-state index contributed by atoms with van der Waals surface area (Å²) in [6.07, 6.45) is 2.70. The minimum atomic E-state index is -0.297. The predicted molar refractivity (Wildman–Crippen MR) is 75.0 cm³/mol. The molecule has 1 heterocycles. The second-order valence-corrected chi connectivity index (χ2v) is 4.39. The number of hydrogen-bond acceptors (Lipinski definition) is 4. The van der Waals surface area contributed by atoms with E-state index in [0.29, 0.717) is 6.61 Å². The lowest BCUT2D eigenvalue weighted by atomic mass is 10.0. The largest absolute Gasteiger partial charge is 0.493 e. The van der Waals surface area contributed by atoms with Crippen molar-refractivity contribution in [1.29, 1.82) is 0 Å². The van der Waals surface area contributed by atoms with Gasteiger partial charge in [0.05, 0.1) is 18.3 Å². The van der Waals surface area contributed by atoms with Crippen molar-refractivity contribution in [1.82, 2.24) is 9.97 Å². The van der Waals surface area contributed by atoms with Gasteiger partial charge in [0.2, 0.25) is 0 Å². The first-order valence-corrected chi connectivity index (χ1v) is 6.49. The summed E-state index contributed by atoms with van der Waals surface area (Å²) in [5.41, 5.74) is 8.05. The second-order valence-electron chi connectivity index (χ2n) is 4.39. The van der Waals surface area contributed by atoms with Crippen LogP contribution < -0.4 is 10.5 Å². The molecule has 0 bridgehead atoms. The van der Waals surface area contributed by atoms with Gasteiger partial charge in [-0.3, -0.25) is 0 Å². The molecule has 0 aliphatic rings. The zero-order chi connectivity index (χ0) is 13.7. The number of aryl methyl sites for hydroxylation is 1. The van der Waals surface area contributed by atoms with E-state index >= 15 is 0 Å². The van der Waals surface area contributed by atoms with E-state index < -0.39 is 0 Å². The van der Waals surface area contributed by atoms with Gasteiger partial charge in [0.15, 0.2) is 0 Å². The zero-order valence-electron chi connectivity index (χ0n) is 11.3. The van der Waals surface area contributed by atoms with Gasteiger partial charge in [-0.25, -0.2) is 9.97 Å². The highest BCUT2D eigenvalue weighted by Gasteiger charge is 2.15. The molecule has 0 saturated heterocycles. The standard InChI is InChI=1S/C15H19N3O/c1-3-10-19-14-7-5-4-6-12(14)15(16)13-8-9-17-11(2)18-13/h4-9,15H,3,10,16H2,1-2H3. The summed E-state index contributed by atoms with van der Waals surface area (Å²) in [5, 5.41) is 0. The van der Waals surface area contributed by atoms with Crippen molar-refractivity contribution in [3.8, 4) is 5.75 Å². The van der Waals surface area contributed by atoms with Crippen LogP contribution in [-0.4, -0.2) is 16.6 Å².